The number of benzene rings is 1. The van der Waals surface area contributed by atoms with Crippen LogP contribution in [0.1, 0.15) is 6.42 Å². The fraction of sp³-hybridized carbons (Fsp3) is 0.455. The van der Waals surface area contributed by atoms with Gasteiger partial charge in [0.2, 0.25) is 0 Å². The summed E-state index contributed by atoms with van der Waals surface area (Å²) in [5, 5.41) is 3.46. The van der Waals surface area contributed by atoms with Gasteiger partial charge in [0.25, 0.3) is 0 Å². The van der Waals surface area contributed by atoms with Gasteiger partial charge in [0, 0.05) is 25.2 Å². The fourth-order valence-electron chi connectivity index (χ4n) is 2.54. The molecule has 0 aliphatic carbocycles. The van der Waals surface area contributed by atoms with Crippen LogP contribution in [0.2, 0.25) is 0 Å². The summed E-state index contributed by atoms with van der Waals surface area (Å²) in [6.45, 7) is 2.04. The predicted octanol–water partition coefficient (Wildman–Crippen LogP) is 1.02. The van der Waals surface area contributed by atoms with E-state index in [1.165, 1.54) is 11.4 Å². The van der Waals surface area contributed by atoms with Crippen molar-refractivity contribution < 1.29 is 0 Å². The van der Waals surface area contributed by atoms with Gasteiger partial charge < -0.3 is 16.0 Å². The van der Waals surface area contributed by atoms with Crippen LogP contribution >= 0.6 is 0 Å². The van der Waals surface area contributed by atoms with Gasteiger partial charge in [-0.15, -0.1) is 0 Å². The number of para-hydroxylation sites is 2. The molecule has 0 saturated carbocycles. The van der Waals surface area contributed by atoms with Crippen molar-refractivity contribution in [2.24, 2.45) is 5.73 Å². The summed E-state index contributed by atoms with van der Waals surface area (Å²) in [6, 6.07) is 9.41. The third-order valence-corrected chi connectivity index (χ3v) is 3.19. The average molecular weight is 189 g/mol. The summed E-state index contributed by atoms with van der Waals surface area (Å²) in [7, 11) is 0. The molecule has 3 rings (SSSR count). The molecule has 14 heavy (non-hydrogen) atoms. The van der Waals surface area contributed by atoms with E-state index in [1.54, 1.807) is 0 Å². The van der Waals surface area contributed by atoms with Crippen LogP contribution in [0, 0.1) is 0 Å². The Labute approximate surface area is 83.9 Å². The van der Waals surface area contributed by atoms with Crippen LogP contribution in [0.5, 0.6) is 0 Å². The van der Waals surface area contributed by atoms with Gasteiger partial charge in [0.15, 0.2) is 0 Å². The molecule has 1 fully saturated rings. The molecule has 2 aliphatic heterocycles. The van der Waals surface area contributed by atoms with Gasteiger partial charge in [-0.2, -0.15) is 0 Å². The van der Waals surface area contributed by atoms with Crippen molar-refractivity contribution in [1.29, 1.82) is 0 Å². The van der Waals surface area contributed by atoms with Gasteiger partial charge in [0.1, 0.15) is 0 Å². The minimum atomic E-state index is 0.341. The number of nitrogens with one attached hydrogen (secondary N) is 1. The third kappa shape index (κ3) is 1.09. The summed E-state index contributed by atoms with van der Waals surface area (Å²) in [5.74, 6) is 0. The highest BCUT2D eigenvalue weighted by molar-refractivity contribution is 5.73. The number of fused-ring (bicyclic) bond motifs is 3. The van der Waals surface area contributed by atoms with Crippen LogP contribution in [0.15, 0.2) is 24.3 Å². The van der Waals surface area contributed by atoms with Gasteiger partial charge in [-0.25, -0.2) is 0 Å². The number of nitrogens with two attached hydrogens (primary N) is 1. The number of hydrogen-bond acceptors (Lipinski definition) is 3. The Kier molecular flexibility index (Phi) is 1.67. The lowest BCUT2D eigenvalue weighted by molar-refractivity contribution is 0.658. The molecule has 0 spiro atoms. The largest absolute Gasteiger partial charge is 0.381 e. The number of nitrogens with zero attached hydrogens (tertiary/aromatic N) is 1. The molecule has 1 aromatic carbocycles. The van der Waals surface area contributed by atoms with E-state index in [2.05, 4.69) is 34.5 Å². The second kappa shape index (κ2) is 2.89. The first kappa shape index (κ1) is 8.12. The molecule has 1 unspecified atom stereocenters. The van der Waals surface area contributed by atoms with Crippen LogP contribution in [-0.4, -0.2) is 25.2 Å². The predicted molar refractivity (Wildman–Crippen MR) is 58.7 cm³/mol. The van der Waals surface area contributed by atoms with Gasteiger partial charge in [0.05, 0.1) is 11.4 Å². The Morgan fingerprint density at radius 3 is 3.14 bits per heavy atom. The van der Waals surface area contributed by atoms with Crippen LogP contribution in [0.4, 0.5) is 11.4 Å². The monoisotopic (exact) mass is 189 g/mol. The molecular formula is C11H15N3. The van der Waals surface area contributed by atoms with Crippen molar-refractivity contribution >= 4 is 11.4 Å². The molecule has 2 heterocycles. The highest BCUT2D eigenvalue weighted by Gasteiger charge is 2.33. The second-order valence-electron chi connectivity index (χ2n) is 4.20. The third-order valence-electron chi connectivity index (χ3n) is 3.19. The highest BCUT2D eigenvalue weighted by atomic mass is 15.3. The Balaban J connectivity index is 2.01. The number of anilines is 2. The summed E-state index contributed by atoms with van der Waals surface area (Å²) < 4.78 is 0. The average Bonchev–Trinajstić information content (AvgIpc) is 2.59. The molecule has 3 N–H and O–H groups in total. The quantitative estimate of drug-likeness (QED) is 0.640. The Morgan fingerprint density at radius 1 is 1.36 bits per heavy atom. The lowest BCUT2D eigenvalue weighted by Crippen LogP contribution is -2.39. The van der Waals surface area contributed by atoms with E-state index in [0.717, 1.165) is 19.5 Å². The molecule has 74 valence electrons. The fourth-order valence-corrected chi connectivity index (χ4v) is 2.54. The standard InChI is InChI=1S/C11H15N3/c12-8-5-9-6-13-10-3-1-2-4-11(10)14(9)7-8/h1-4,8-9,13H,5-7,12H2/t8?,9-/m0/s1. The Hall–Kier alpha value is -1.22. The molecule has 3 heteroatoms. The van der Waals surface area contributed by atoms with Crippen LogP contribution in [0.3, 0.4) is 0 Å². The van der Waals surface area contributed by atoms with Crippen LogP contribution < -0.4 is 16.0 Å². The van der Waals surface area contributed by atoms with Crippen molar-refractivity contribution in [1.82, 2.24) is 0 Å². The molecule has 1 saturated heterocycles. The maximum atomic E-state index is 5.98. The summed E-state index contributed by atoms with van der Waals surface area (Å²) in [5.41, 5.74) is 8.55. The first-order valence-electron chi connectivity index (χ1n) is 5.20. The van der Waals surface area contributed by atoms with Crippen molar-refractivity contribution in [3.05, 3.63) is 24.3 Å². The minimum Gasteiger partial charge on any atom is -0.381 e. The molecular weight excluding hydrogens is 174 g/mol. The first-order valence-corrected chi connectivity index (χ1v) is 5.20. The van der Waals surface area contributed by atoms with E-state index in [9.17, 15) is 0 Å². The van der Waals surface area contributed by atoms with Crippen molar-refractivity contribution in [3.63, 3.8) is 0 Å². The van der Waals surface area contributed by atoms with Crippen LogP contribution in [0.25, 0.3) is 0 Å². The highest BCUT2D eigenvalue weighted by Crippen LogP contribution is 2.35. The number of rotatable bonds is 0. The van der Waals surface area contributed by atoms with Crippen molar-refractivity contribution in [2.45, 2.75) is 18.5 Å². The molecule has 3 nitrogen and oxygen atoms in total. The van der Waals surface area contributed by atoms with Crippen molar-refractivity contribution in [2.75, 3.05) is 23.3 Å². The first-order chi connectivity index (χ1) is 6.84. The van der Waals surface area contributed by atoms with Gasteiger partial charge >= 0.3 is 0 Å². The van der Waals surface area contributed by atoms with Crippen LogP contribution in [-0.2, 0) is 0 Å². The lowest BCUT2D eigenvalue weighted by atomic mass is 10.1. The smallest absolute Gasteiger partial charge is 0.0605 e. The van der Waals surface area contributed by atoms with E-state index in [0.29, 0.717) is 12.1 Å². The van der Waals surface area contributed by atoms with E-state index >= 15 is 0 Å². The zero-order valence-corrected chi connectivity index (χ0v) is 8.11. The maximum absolute atomic E-state index is 5.98. The summed E-state index contributed by atoms with van der Waals surface area (Å²) in [6.07, 6.45) is 1.11. The Morgan fingerprint density at radius 2 is 2.21 bits per heavy atom. The van der Waals surface area contributed by atoms with Gasteiger partial charge in [-0.3, -0.25) is 0 Å². The second-order valence-corrected chi connectivity index (χ2v) is 4.20. The molecule has 2 atom stereocenters. The van der Waals surface area contributed by atoms with E-state index < -0.39 is 0 Å². The molecule has 0 amide bonds. The number of hydrogen-bond donors (Lipinski definition) is 2. The molecule has 0 aromatic heterocycles. The summed E-state index contributed by atoms with van der Waals surface area (Å²) in [4.78, 5) is 2.44. The molecule has 2 aliphatic rings. The van der Waals surface area contributed by atoms with E-state index in [1.807, 2.05) is 0 Å². The zero-order valence-electron chi connectivity index (χ0n) is 8.11. The molecule has 0 bridgehead atoms. The lowest BCUT2D eigenvalue weighted by Gasteiger charge is -2.34. The van der Waals surface area contributed by atoms with E-state index in [4.69, 9.17) is 5.73 Å². The van der Waals surface area contributed by atoms with Crippen molar-refractivity contribution in [3.8, 4) is 0 Å². The molecule has 0 radical (unpaired) electrons. The normalized spacial score (nSPS) is 29.4. The van der Waals surface area contributed by atoms with E-state index in [-0.39, 0.29) is 0 Å². The topological polar surface area (TPSA) is 41.3 Å². The summed E-state index contributed by atoms with van der Waals surface area (Å²) >= 11 is 0. The molecule has 1 aromatic rings. The zero-order chi connectivity index (χ0) is 9.54. The Bertz CT molecular complexity index is 350. The van der Waals surface area contributed by atoms with Gasteiger partial charge in [-0.05, 0) is 18.6 Å². The SMILES string of the molecule is NC1C[C@H]2CNc3ccccc3N2C1. The maximum Gasteiger partial charge on any atom is 0.0605 e. The van der Waals surface area contributed by atoms with Gasteiger partial charge in [-0.1, -0.05) is 12.1 Å². The minimum absolute atomic E-state index is 0.341.